The van der Waals surface area contributed by atoms with Crippen LogP contribution in [0.25, 0.3) is 0 Å². The summed E-state index contributed by atoms with van der Waals surface area (Å²) in [6.45, 7) is 3.52. The number of esters is 1. The molecule has 0 radical (unpaired) electrons. The molecule has 0 unspecified atom stereocenters. The van der Waals surface area contributed by atoms with Crippen LogP contribution in [0.2, 0.25) is 0 Å². The fourth-order valence-electron chi connectivity index (χ4n) is 2.92. The second kappa shape index (κ2) is 10.7. The number of hydrogen-bond donors (Lipinski definition) is 3. The number of anilines is 3. The molecule has 3 rings (SSSR count). The molecule has 6 nitrogen and oxygen atoms in total. The molecule has 3 N–H and O–H groups in total. The Kier molecular flexibility index (Phi) is 7.75. The molecule has 0 fully saturated rings. The van der Waals surface area contributed by atoms with Crippen molar-refractivity contribution in [3.63, 3.8) is 0 Å². The van der Waals surface area contributed by atoms with Gasteiger partial charge in [0.05, 0.1) is 12.2 Å². The van der Waals surface area contributed by atoms with Gasteiger partial charge in [-0.05, 0) is 49.0 Å². The zero-order valence-corrected chi connectivity index (χ0v) is 18.9. The summed E-state index contributed by atoms with van der Waals surface area (Å²) in [7, 11) is 0. The average Bonchev–Trinajstić information content (AvgIpc) is 3.10. The highest BCUT2D eigenvalue weighted by atomic mass is 32.1. The minimum absolute atomic E-state index is 0.151. The lowest BCUT2D eigenvalue weighted by Crippen LogP contribution is -2.20. The first-order valence-corrected chi connectivity index (χ1v) is 11.0. The Labute approximate surface area is 190 Å². The van der Waals surface area contributed by atoms with E-state index in [0.29, 0.717) is 40.1 Å². The third-order valence-electron chi connectivity index (χ3n) is 4.17. The second-order valence-corrected chi connectivity index (χ2v) is 8.22. The molecule has 0 aliphatic heterocycles. The molecular weight excluding hydrogens is 430 g/mol. The lowest BCUT2D eigenvalue weighted by Gasteiger charge is -2.12. The number of hydrogen-bond acceptors (Lipinski definition) is 5. The van der Waals surface area contributed by atoms with Crippen LogP contribution in [0.1, 0.15) is 34.6 Å². The molecule has 0 atom stereocenters. The first-order valence-electron chi connectivity index (χ1n) is 9.74. The van der Waals surface area contributed by atoms with Crippen LogP contribution in [-0.2, 0) is 16.0 Å². The Bertz CT molecular complexity index is 1080. The predicted octanol–water partition coefficient (Wildman–Crippen LogP) is 5.28. The van der Waals surface area contributed by atoms with Gasteiger partial charge in [-0.3, -0.25) is 4.79 Å². The highest BCUT2D eigenvalue weighted by Crippen LogP contribution is 2.31. The van der Waals surface area contributed by atoms with E-state index in [4.69, 9.17) is 17.0 Å². The molecular formula is C23H23N3O3S2. The summed E-state index contributed by atoms with van der Waals surface area (Å²) >= 11 is 6.91. The van der Waals surface area contributed by atoms with Gasteiger partial charge in [0.1, 0.15) is 5.00 Å². The summed E-state index contributed by atoms with van der Waals surface area (Å²) in [5, 5.41) is 9.89. The maximum absolute atomic E-state index is 12.5. The van der Waals surface area contributed by atoms with E-state index in [1.54, 1.807) is 19.1 Å². The maximum Gasteiger partial charge on any atom is 0.341 e. The minimum Gasteiger partial charge on any atom is -0.462 e. The van der Waals surface area contributed by atoms with Crippen LogP contribution in [0.15, 0.2) is 60.7 Å². The number of carbonyl (C=O) groups is 2. The van der Waals surface area contributed by atoms with Crippen molar-refractivity contribution in [1.82, 2.24) is 0 Å². The number of ether oxygens (including phenoxy) is 1. The zero-order chi connectivity index (χ0) is 22.2. The number of nitrogens with one attached hydrogen (secondary N) is 3. The Morgan fingerprint density at radius 3 is 2.35 bits per heavy atom. The van der Waals surface area contributed by atoms with Crippen LogP contribution in [0.3, 0.4) is 0 Å². The summed E-state index contributed by atoms with van der Waals surface area (Å²) in [6, 6.07) is 19.1. The van der Waals surface area contributed by atoms with Crippen LogP contribution in [0.5, 0.6) is 0 Å². The monoisotopic (exact) mass is 453 g/mol. The molecule has 3 aromatic rings. The van der Waals surface area contributed by atoms with Gasteiger partial charge in [0.25, 0.3) is 0 Å². The first kappa shape index (κ1) is 22.5. The minimum atomic E-state index is -0.393. The number of thiocarbonyl (C=S) groups is 1. The van der Waals surface area contributed by atoms with E-state index < -0.39 is 5.97 Å². The van der Waals surface area contributed by atoms with Crippen LogP contribution in [0, 0.1) is 0 Å². The molecule has 0 saturated carbocycles. The van der Waals surface area contributed by atoms with Gasteiger partial charge in [-0.2, -0.15) is 0 Å². The van der Waals surface area contributed by atoms with Gasteiger partial charge in [-0.25, -0.2) is 4.79 Å². The third-order valence-corrected chi connectivity index (χ3v) is 5.42. The van der Waals surface area contributed by atoms with Crippen molar-refractivity contribution < 1.29 is 14.3 Å². The van der Waals surface area contributed by atoms with Crippen molar-refractivity contribution in [3.05, 3.63) is 76.7 Å². The number of carbonyl (C=O) groups excluding carboxylic acids is 2. The zero-order valence-electron chi connectivity index (χ0n) is 17.2. The largest absolute Gasteiger partial charge is 0.462 e. The molecule has 2 aromatic carbocycles. The fourth-order valence-corrected chi connectivity index (χ4v) is 4.29. The number of rotatable bonds is 7. The lowest BCUT2D eigenvalue weighted by atomic mass is 10.1. The van der Waals surface area contributed by atoms with Gasteiger partial charge in [-0.1, -0.05) is 36.4 Å². The van der Waals surface area contributed by atoms with E-state index in [9.17, 15) is 9.59 Å². The highest BCUT2D eigenvalue weighted by molar-refractivity contribution is 7.80. The molecule has 0 bridgehead atoms. The van der Waals surface area contributed by atoms with Gasteiger partial charge in [0.15, 0.2) is 5.11 Å². The summed E-state index contributed by atoms with van der Waals surface area (Å²) in [5.41, 5.74) is 2.98. The number of benzene rings is 2. The van der Waals surface area contributed by atoms with Crippen molar-refractivity contribution in [2.24, 2.45) is 0 Å². The molecule has 160 valence electrons. The van der Waals surface area contributed by atoms with Crippen LogP contribution in [0.4, 0.5) is 16.4 Å². The summed E-state index contributed by atoms with van der Waals surface area (Å²) < 4.78 is 5.21. The maximum atomic E-state index is 12.5. The van der Waals surface area contributed by atoms with Crippen molar-refractivity contribution in [1.29, 1.82) is 0 Å². The summed E-state index contributed by atoms with van der Waals surface area (Å²) in [5.74, 6) is -0.544. The average molecular weight is 454 g/mol. The second-order valence-electron chi connectivity index (χ2n) is 6.68. The van der Waals surface area contributed by atoms with Gasteiger partial charge < -0.3 is 20.7 Å². The predicted molar refractivity (Wildman–Crippen MR) is 130 cm³/mol. The SMILES string of the molecule is CCOC(=O)c1cc(Cc2ccccc2)sc1NC(=S)Nc1cccc(NC(C)=O)c1. The normalized spacial score (nSPS) is 10.3. The molecule has 1 aromatic heterocycles. The standard InChI is InChI=1S/C23H23N3O3S2/c1-3-29-22(28)20-14-19(12-16-8-5-4-6-9-16)31-21(20)26-23(30)25-18-11-7-10-17(13-18)24-15(2)27/h4-11,13-14H,3,12H2,1-2H3,(H,24,27)(H2,25,26,30). The van der Waals surface area contributed by atoms with E-state index in [-0.39, 0.29) is 5.91 Å². The van der Waals surface area contributed by atoms with Crippen molar-refractivity contribution in [2.45, 2.75) is 20.3 Å². The van der Waals surface area contributed by atoms with E-state index >= 15 is 0 Å². The van der Waals surface area contributed by atoms with Gasteiger partial charge in [0.2, 0.25) is 5.91 Å². The lowest BCUT2D eigenvalue weighted by molar-refractivity contribution is -0.114. The third kappa shape index (κ3) is 6.63. The quantitative estimate of drug-likeness (QED) is 0.334. The molecule has 1 heterocycles. The molecule has 31 heavy (non-hydrogen) atoms. The molecule has 0 spiro atoms. The van der Waals surface area contributed by atoms with Crippen molar-refractivity contribution >= 4 is 56.9 Å². The number of thiophene rings is 1. The molecule has 1 amide bonds. The van der Waals surface area contributed by atoms with Crippen LogP contribution >= 0.6 is 23.6 Å². The smallest absolute Gasteiger partial charge is 0.341 e. The van der Waals surface area contributed by atoms with E-state index in [0.717, 1.165) is 10.4 Å². The van der Waals surface area contributed by atoms with Crippen LogP contribution < -0.4 is 16.0 Å². The summed E-state index contributed by atoms with van der Waals surface area (Å²) in [6.07, 6.45) is 0.707. The van der Waals surface area contributed by atoms with E-state index in [1.165, 1.54) is 18.3 Å². The Morgan fingerprint density at radius 2 is 1.68 bits per heavy atom. The van der Waals surface area contributed by atoms with Gasteiger partial charge in [0, 0.05) is 29.6 Å². The van der Waals surface area contributed by atoms with Crippen LogP contribution in [-0.4, -0.2) is 23.6 Å². The molecule has 0 aliphatic carbocycles. The number of amides is 1. The van der Waals surface area contributed by atoms with Crippen molar-refractivity contribution in [3.8, 4) is 0 Å². The highest BCUT2D eigenvalue weighted by Gasteiger charge is 2.18. The van der Waals surface area contributed by atoms with E-state index in [2.05, 4.69) is 16.0 Å². The first-order chi connectivity index (χ1) is 14.9. The Morgan fingerprint density at radius 1 is 0.968 bits per heavy atom. The van der Waals surface area contributed by atoms with Gasteiger partial charge in [-0.15, -0.1) is 11.3 Å². The molecule has 8 heteroatoms. The van der Waals surface area contributed by atoms with Crippen molar-refractivity contribution in [2.75, 3.05) is 22.6 Å². The summed E-state index contributed by atoms with van der Waals surface area (Å²) in [4.78, 5) is 24.7. The van der Waals surface area contributed by atoms with Gasteiger partial charge >= 0.3 is 5.97 Å². The fraction of sp³-hybridized carbons (Fsp3) is 0.174. The Balaban J connectivity index is 1.76. The molecule has 0 aliphatic rings. The van der Waals surface area contributed by atoms with E-state index in [1.807, 2.05) is 48.5 Å². The Hall–Kier alpha value is -3.23. The topological polar surface area (TPSA) is 79.5 Å². The molecule has 0 saturated heterocycles.